The number of aliphatic hydroxyl groups excluding tert-OH is 2. The van der Waals surface area contributed by atoms with Crippen LogP contribution in [0.15, 0.2) is 48.6 Å². The summed E-state index contributed by atoms with van der Waals surface area (Å²) >= 11 is 0. The lowest BCUT2D eigenvalue weighted by Gasteiger charge is -2.26. The summed E-state index contributed by atoms with van der Waals surface area (Å²) in [5.41, 5.74) is -3.07. The molecule has 2 unspecified atom stereocenters. The summed E-state index contributed by atoms with van der Waals surface area (Å²) in [5.74, 6) is 0. The molecular weight excluding hydrogens is 344 g/mol. The van der Waals surface area contributed by atoms with E-state index in [1.165, 1.54) is 12.2 Å². The van der Waals surface area contributed by atoms with Gasteiger partial charge in [-0.15, -0.1) is 0 Å². The molecule has 0 aromatic carbocycles. The first-order valence-corrected chi connectivity index (χ1v) is 9.88. The van der Waals surface area contributed by atoms with Crippen molar-refractivity contribution in [1.29, 1.82) is 0 Å². The normalized spacial score (nSPS) is 17.4. The van der Waals surface area contributed by atoms with Crippen LogP contribution in [0.5, 0.6) is 0 Å². The molecule has 0 bridgehead atoms. The van der Waals surface area contributed by atoms with Crippen LogP contribution in [0.1, 0.15) is 52.4 Å². The van der Waals surface area contributed by atoms with E-state index in [1.807, 2.05) is 24.3 Å². The number of rotatable bonds is 16. The van der Waals surface area contributed by atoms with Gasteiger partial charge in [-0.3, -0.25) is 0 Å². The number of unbranched alkanes of at least 4 members (excludes halogenated alkanes) is 4. The quantitative estimate of drug-likeness (QED) is 0.243. The molecule has 156 valence electrons. The molecule has 0 fully saturated rings. The first kappa shape index (κ1) is 25.8. The monoisotopic (exact) mass is 382 g/mol. The Hall–Kier alpha value is -1.24. The van der Waals surface area contributed by atoms with E-state index < -0.39 is 24.4 Å². The van der Waals surface area contributed by atoms with E-state index in [2.05, 4.69) is 13.8 Å². The van der Waals surface area contributed by atoms with Crippen LogP contribution in [0, 0.1) is 0 Å². The molecule has 0 aliphatic heterocycles. The van der Waals surface area contributed by atoms with Crippen molar-refractivity contribution >= 4 is 0 Å². The predicted molar refractivity (Wildman–Crippen MR) is 111 cm³/mol. The molecule has 0 rings (SSSR count). The highest BCUT2D eigenvalue weighted by Gasteiger charge is 2.27. The second-order valence-electron chi connectivity index (χ2n) is 6.88. The molecule has 4 N–H and O–H groups in total. The number of hydrogen-bond donors (Lipinski definition) is 4. The van der Waals surface area contributed by atoms with E-state index in [0.29, 0.717) is 0 Å². The minimum absolute atomic E-state index is 0.189. The Morgan fingerprint density at radius 1 is 0.704 bits per heavy atom. The Labute approximate surface area is 164 Å². The molecule has 0 heterocycles. The molecule has 0 amide bonds. The Kier molecular flexibility index (Phi) is 15.1. The lowest BCUT2D eigenvalue weighted by molar-refractivity contribution is -0.0914. The van der Waals surface area contributed by atoms with Crippen molar-refractivity contribution in [3.8, 4) is 0 Å². The van der Waals surface area contributed by atoms with Crippen molar-refractivity contribution < 1.29 is 25.2 Å². The van der Waals surface area contributed by atoms with Crippen LogP contribution in [0.25, 0.3) is 0 Å². The van der Waals surface area contributed by atoms with Crippen LogP contribution in [-0.4, -0.2) is 58.1 Å². The molecular formula is C22H38O5. The van der Waals surface area contributed by atoms with E-state index in [4.69, 9.17) is 4.74 Å². The zero-order valence-corrected chi connectivity index (χ0v) is 16.9. The molecule has 0 radical (unpaired) electrons. The van der Waals surface area contributed by atoms with Crippen molar-refractivity contribution in [2.75, 3.05) is 26.4 Å². The summed E-state index contributed by atoms with van der Waals surface area (Å²) < 4.78 is 5.37. The Morgan fingerprint density at radius 3 is 1.44 bits per heavy atom. The number of hydrogen-bond acceptors (Lipinski definition) is 5. The zero-order chi connectivity index (χ0) is 20.4. The Morgan fingerprint density at radius 2 is 1.11 bits per heavy atom. The van der Waals surface area contributed by atoms with Crippen molar-refractivity contribution in [3.63, 3.8) is 0 Å². The third kappa shape index (κ3) is 13.6. The van der Waals surface area contributed by atoms with Gasteiger partial charge in [-0.05, 0) is 25.0 Å². The fourth-order valence-electron chi connectivity index (χ4n) is 2.16. The van der Waals surface area contributed by atoms with Crippen LogP contribution >= 0.6 is 0 Å². The highest BCUT2D eigenvalue weighted by Crippen LogP contribution is 2.12. The van der Waals surface area contributed by atoms with Crippen LogP contribution in [0.3, 0.4) is 0 Å². The smallest absolute Gasteiger partial charge is 0.129 e. The molecule has 0 aliphatic carbocycles. The van der Waals surface area contributed by atoms with Gasteiger partial charge >= 0.3 is 0 Å². The molecule has 0 aromatic heterocycles. The highest BCUT2D eigenvalue weighted by molar-refractivity contribution is 5.12. The molecule has 5 nitrogen and oxygen atoms in total. The summed E-state index contributed by atoms with van der Waals surface area (Å²) in [7, 11) is 0. The average molecular weight is 383 g/mol. The Bertz CT molecular complexity index is 427. The highest BCUT2D eigenvalue weighted by atomic mass is 16.5. The minimum Gasteiger partial charge on any atom is -0.393 e. The van der Waals surface area contributed by atoms with Gasteiger partial charge in [0, 0.05) is 0 Å². The summed E-state index contributed by atoms with van der Waals surface area (Å²) in [6, 6.07) is 0. The molecule has 2 atom stereocenters. The fraction of sp³-hybridized carbons (Fsp3) is 0.636. The summed E-state index contributed by atoms with van der Waals surface area (Å²) in [6.45, 7) is 2.87. The van der Waals surface area contributed by atoms with Gasteiger partial charge in [0.25, 0.3) is 0 Å². The number of allylic oxidation sites excluding steroid dienone is 6. The van der Waals surface area contributed by atoms with E-state index in [9.17, 15) is 20.4 Å². The van der Waals surface area contributed by atoms with Gasteiger partial charge in [0.15, 0.2) is 0 Å². The lowest BCUT2D eigenvalue weighted by atomic mass is 10.0. The number of aliphatic hydroxyl groups is 4. The van der Waals surface area contributed by atoms with E-state index >= 15 is 0 Å². The van der Waals surface area contributed by atoms with Crippen LogP contribution < -0.4 is 0 Å². The maximum absolute atomic E-state index is 10.3. The van der Waals surface area contributed by atoms with Crippen LogP contribution in [0.4, 0.5) is 0 Å². The van der Waals surface area contributed by atoms with E-state index in [1.54, 1.807) is 12.2 Å². The van der Waals surface area contributed by atoms with Gasteiger partial charge in [-0.25, -0.2) is 0 Å². The molecule has 0 spiro atoms. The number of ether oxygens (including phenoxy) is 1. The largest absolute Gasteiger partial charge is 0.393 e. The molecule has 0 saturated heterocycles. The predicted octanol–water partition coefficient (Wildman–Crippen LogP) is 3.06. The second-order valence-corrected chi connectivity index (χ2v) is 6.88. The maximum Gasteiger partial charge on any atom is 0.129 e. The molecule has 5 heteroatoms. The third-order valence-electron chi connectivity index (χ3n) is 4.01. The molecule has 0 aromatic rings. The molecule has 27 heavy (non-hydrogen) atoms. The van der Waals surface area contributed by atoms with E-state index in [-0.39, 0.29) is 13.2 Å². The first-order valence-electron chi connectivity index (χ1n) is 9.88. The van der Waals surface area contributed by atoms with Crippen molar-refractivity contribution in [1.82, 2.24) is 0 Å². The standard InChI is InChI=1S/C22H38O5/c1-3-5-7-9-11-13-15-21(25,17-23)19-27-20-22(26,18-24)16-14-12-10-8-6-4-2/h9-16,23-26H,3-8,17-20H2,1-2H3. The van der Waals surface area contributed by atoms with Crippen LogP contribution in [0.2, 0.25) is 0 Å². The average Bonchev–Trinajstić information content (AvgIpc) is 2.67. The fourth-order valence-corrected chi connectivity index (χ4v) is 2.16. The van der Waals surface area contributed by atoms with Gasteiger partial charge < -0.3 is 25.2 Å². The summed E-state index contributed by atoms with van der Waals surface area (Å²) in [6.07, 6.45) is 20.4. The Balaban J connectivity index is 4.49. The minimum atomic E-state index is -1.53. The zero-order valence-electron chi connectivity index (χ0n) is 16.9. The SMILES string of the molecule is CCCCC=CC=CC(O)(CO)COCC(O)(C=CC=CCCCC)CO. The van der Waals surface area contributed by atoms with Gasteiger partial charge in [0.2, 0.25) is 0 Å². The van der Waals surface area contributed by atoms with Crippen LogP contribution in [-0.2, 0) is 4.74 Å². The topological polar surface area (TPSA) is 90.2 Å². The van der Waals surface area contributed by atoms with Gasteiger partial charge in [0.1, 0.15) is 11.2 Å². The van der Waals surface area contributed by atoms with Crippen molar-refractivity contribution in [3.05, 3.63) is 48.6 Å². The maximum atomic E-state index is 10.3. The first-order chi connectivity index (χ1) is 12.9. The summed E-state index contributed by atoms with van der Waals surface area (Å²) in [4.78, 5) is 0. The van der Waals surface area contributed by atoms with Gasteiger partial charge in [-0.2, -0.15) is 0 Å². The van der Waals surface area contributed by atoms with Gasteiger partial charge in [0.05, 0.1) is 26.4 Å². The molecule has 0 saturated carbocycles. The van der Waals surface area contributed by atoms with Crippen molar-refractivity contribution in [2.24, 2.45) is 0 Å². The van der Waals surface area contributed by atoms with Crippen molar-refractivity contribution in [2.45, 2.75) is 63.6 Å². The van der Waals surface area contributed by atoms with E-state index in [0.717, 1.165) is 38.5 Å². The summed E-state index contributed by atoms with van der Waals surface area (Å²) in [5, 5.41) is 39.5. The third-order valence-corrected chi connectivity index (χ3v) is 4.01. The molecule has 0 aliphatic rings. The van der Waals surface area contributed by atoms with Gasteiger partial charge in [-0.1, -0.05) is 76.0 Å². The second kappa shape index (κ2) is 15.8. The lowest BCUT2D eigenvalue weighted by Crippen LogP contribution is -2.41.